The molecule has 0 spiro atoms. The Hall–Kier alpha value is -2.94. The van der Waals surface area contributed by atoms with Crippen LogP contribution < -0.4 is 4.90 Å². The van der Waals surface area contributed by atoms with Crippen LogP contribution >= 0.6 is 0 Å². The van der Waals surface area contributed by atoms with E-state index in [1.54, 1.807) is 24.3 Å². The fourth-order valence-corrected chi connectivity index (χ4v) is 4.57. The third-order valence-corrected chi connectivity index (χ3v) is 6.56. The van der Waals surface area contributed by atoms with Gasteiger partial charge in [-0.15, -0.1) is 0 Å². The van der Waals surface area contributed by atoms with Crippen LogP contribution in [-0.2, 0) is 14.6 Å². The molecule has 2 aromatic rings. The molecule has 0 bridgehead atoms. The lowest BCUT2D eigenvalue weighted by Crippen LogP contribution is -2.19. The van der Waals surface area contributed by atoms with Crippen molar-refractivity contribution in [1.29, 1.82) is 0 Å². The molecule has 9 heteroatoms. The van der Waals surface area contributed by atoms with Gasteiger partial charge >= 0.3 is 5.97 Å². The summed E-state index contributed by atoms with van der Waals surface area (Å²) < 4.78 is 29.5. The zero-order chi connectivity index (χ0) is 20.9. The predicted molar refractivity (Wildman–Crippen MR) is 108 cm³/mol. The molecule has 2 aromatic carbocycles. The van der Waals surface area contributed by atoms with Crippen molar-refractivity contribution in [2.24, 2.45) is 0 Å². The van der Waals surface area contributed by atoms with Gasteiger partial charge in [0, 0.05) is 19.2 Å². The van der Waals surface area contributed by atoms with Crippen LogP contribution in [0.3, 0.4) is 0 Å². The third-order valence-electron chi connectivity index (χ3n) is 4.75. The highest BCUT2D eigenvalue weighted by Gasteiger charge is 2.24. The zero-order valence-corrected chi connectivity index (χ0v) is 16.6. The first-order valence-corrected chi connectivity index (χ1v) is 11.0. The maximum atomic E-state index is 12.2. The lowest BCUT2D eigenvalue weighted by molar-refractivity contribution is -0.384. The molecule has 0 saturated carbocycles. The summed E-state index contributed by atoms with van der Waals surface area (Å²) in [6, 6.07) is 12.3. The molecule has 1 aliphatic heterocycles. The van der Waals surface area contributed by atoms with Crippen molar-refractivity contribution in [3.63, 3.8) is 0 Å². The lowest BCUT2D eigenvalue weighted by Gasteiger charge is -2.17. The third kappa shape index (κ3) is 5.11. The van der Waals surface area contributed by atoms with E-state index < -0.39 is 20.7 Å². The van der Waals surface area contributed by atoms with E-state index in [0.717, 1.165) is 25.9 Å². The van der Waals surface area contributed by atoms with Crippen LogP contribution in [0.4, 0.5) is 11.4 Å². The van der Waals surface area contributed by atoms with Crippen LogP contribution in [0.5, 0.6) is 0 Å². The fraction of sp³-hybridized carbons (Fsp3) is 0.350. The number of rotatable bonds is 8. The molecule has 0 radical (unpaired) electrons. The predicted octanol–water partition coefficient (Wildman–Crippen LogP) is 3.22. The highest BCUT2D eigenvalue weighted by Crippen LogP contribution is 2.31. The Labute approximate surface area is 169 Å². The molecular weight excluding hydrogens is 396 g/mol. The van der Waals surface area contributed by atoms with Crippen molar-refractivity contribution in [2.45, 2.75) is 24.2 Å². The van der Waals surface area contributed by atoms with E-state index in [1.165, 1.54) is 24.3 Å². The van der Waals surface area contributed by atoms with Gasteiger partial charge in [-0.05, 0) is 43.5 Å². The second-order valence-corrected chi connectivity index (χ2v) is 8.89. The van der Waals surface area contributed by atoms with Gasteiger partial charge in [-0.1, -0.05) is 18.2 Å². The molecule has 0 N–H and O–H groups in total. The molecule has 8 nitrogen and oxygen atoms in total. The number of carbonyl (C=O) groups excluding carboxylic acids is 1. The van der Waals surface area contributed by atoms with Crippen LogP contribution in [0.15, 0.2) is 53.4 Å². The van der Waals surface area contributed by atoms with Gasteiger partial charge in [0.1, 0.15) is 5.69 Å². The molecule has 1 heterocycles. The lowest BCUT2D eigenvalue weighted by atomic mass is 10.1. The number of sulfone groups is 1. The number of hydrogen-bond acceptors (Lipinski definition) is 7. The van der Waals surface area contributed by atoms with Crippen LogP contribution in [-0.4, -0.2) is 44.8 Å². The summed E-state index contributed by atoms with van der Waals surface area (Å²) in [6.07, 6.45) is 2.09. The van der Waals surface area contributed by atoms with E-state index in [4.69, 9.17) is 4.74 Å². The maximum Gasteiger partial charge on any atom is 0.338 e. The summed E-state index contributed by atoms with van der Waals surface area (Å²) in [4.78, 5) is 25.3. The number of anilines is 1. The van der Waals surface area contributed by atoms with Crippen molar-refractivity contribution in [1.82, 2.24) is 0 Å². The summed E-state index contributed by atoms with van der Waals surface area (Å²) in [6.45, 7) is 1.41. The van der Waals surface area contributed by atoms with Crippen molar-refractivity contribution in [3.8, 4) is 0 Å². The minimum Gasteiger partial charge on any atom is -0.462 e. The van der Waals surface area contributed by atoms with Gasteiger partial charge < -0.3 is 9.64 Å². The maximum absolute atomic E-state index is 12.2. The molecule has 1 fully saturated rings. The molecule has 29 heavy (non-hydrogen) atoms. The van der Waals surface area contributed by atoms with E-state index in [9.17, 15) is 23.3 Å². The Morgan fingerprint density at radius 2 is 1.79 bits per heavy atom. The van der Waals surface area contributed by atoms with E-state index in [0.29, 0.717) is 5.69 Å². The molecule has 0 unspecified atom stereocenters. The number of esters is 1. The number of hydrogen-bond donors (Lipinski definition) is 0. The second-order valence-electron chi connectivity index (χ2n) is 6.78. The summed E-state index contributed by atoms with van der Waals surface area (Å²) >= 11 is 0. The molecule has 1 aliphatic rings. The second kappa shape index (κ2) is 9.04. The zero-order valence-electron chi connectivity index (χ0n) is 15.8. The minimum atomic E-state index is -3.44. The highest BCUT2D eigenvalue weighted by atomic mass is 32.2. The summed E-state index contributed by atoms with van der Waals surface area (Å²) in [5.41, 5.74) is 0.441. The average Bonchev–Trinajstić information content (AvgIpc) is 3.26. The summed E-state index contributed by atoms with van der Waals surface area (Å²) in [5, 5.41) is 11.4. The SMILES string of the molecule is O=C(OCCCS(=O)(=O)c1ccccc1)c1ccc(N2CCCC2)c([N+](=O)[O-])c1. The summed E-state index contributed by atoms with van der Waals surface area (Å²) in [7, 11) is -3.44. The average molecular weight is 418 g/mol. The first kappa shape index (κ1) is 20.8. The first-order chi connectivity index (χ1) is 13.9. The van der Waals surface area contributed by atoms with Crippen molar-refractivity contribution < 1.29 is 22.9 Å². The summed E-state index contributed by atoms with van der Waals surface area (Å²) in [5.74, 6) is -0.864. The van der Waals surface area contributed by atoms with Gasteiger partial charge in [0.2, 0.25) is 0 Å². The smallest absolute Gasteiger partial charge is 0.338 e. The number of ether oxygens (including phenoxy) is 1. The Bertz CT molecular complexity index is 985. The molecule has 0 aromatic heterocycles. The largest absolute Gasteiger partial charge is 0.462 e. The Morgan fingerprint density at radius 1 is 1.10 bits per heavy atom. The van der Waals surface area contributed by atoms with E-state index in [-0.39, 0.29) is 34.9 Å². The van der Waals surface area contributed by atoms with Gasteiger partial charge in [0.25, 0.3) is 5.69 Å². The van der Waals surface area contributed by atoms with Crippen LogP contribution in [0.2, 0.25) is 0 Å². The molecule has 0 amide bonds. The first-order valence-electron chi connectivity index (χ1n) is 9.37. The molecular formula is C20H22N2O6S. The van der Waals surface area contributed by atoms with Crippen LogP contribution in [0.25, 0.3) is 0 Å². The molecule has 154 valence electrons. The van der Waals surface area contributed by atoms with Gasteiger partial charge in [0.15, 0.2) is 9.84 Å². The molecule has 0 atom stereocenters. The normalized spacial score (nSPS) is 14.0. The quantitative estimate of drug-likeness (QED) is 0.280. The van der Waals surface area contributed by atoms with Gasteiger partial charge in [0.05, 0.1) is 27.7 Å². The molecule has 0 aliphatic carbocycles. The van der Waals surface area contributed by atoms with Gasteiger partial charge in [-0.2, -0.15) is 0 Å². The molecule has 3 rings (SSSR count). The van der Waals surface area contributed by atoms with Crippen molar-refractivity contribution in [3.05, 3.63) is 64.2 Å². The van der Waals surface area contributed by atoms with Crippen LogP contribution in [0.1, 0.15) is 29.6 Å². The Kier molecular flexibility index (Phi) is 6.48. The Morgan fingerprint density at radius 3 is 2.45 bits per heavy atom. The number of benzene rings is 2. The minimum absolute atomic E-state index is 0.0746. The van der Waals surface area contributed by atoms with Gasteiger partial charge in [-0.25, -0.2) is 13.2 Å². The van der Waals surface area contributed by atoms with E-state index in [2.05, 4.69) is 0 Å². The molecule has 1 saturated heterocycles. The Balaban J connectivity index is 1.59. The monoisotopic (exact) mass is 418 g/mol. The van der Waals surface area contributed by atoms with E-state index in [1.807, 2.05) is 4.90 Å². The number of nitrogens with zero attached hydrogens (tertiary/aromatic N) is 2. The fourth-order valence-electron chi connectivity index (χ4n) is 3.26. The topological polar surface area (TPSA) is 107 Å². The van der Waals surface area contributed by atoms with Crippen molar-refractivity contribution >= 4 is 27.2 Å². The highest BCUT2D eigenvalue weighted by molar-refractivity contribution is 7.91. The number of nitro benzene ring substituents is 1. The number of nitro groups is 1. The van der Waals surface area contributed by atoms with Gasteiger partial charge in [-0.3, -0.25) is 10.1 Å². The van der Waals surface area contributed by atoms with E-state index >= 15 is 0 Å². The van der Waals surface area contributed by atoms with Crippen LogP contribution in [0, 0.1) is 10.1 Å². The number of carbonyl (C=O) groups is 1. The standard InChI is InChI=1S/C20H22N2O6S/c23-20(28-13-6-14-29(26,27)17-7-2-1-3-8-17)16-9-10-18(19(15-16)22(24)25)21-11-4-5-12-21/h1-3,7-10,15H,4-6,11-14H2. The van der Waals surface area contributed by atoms with Crippen molar-refractivity contribution in [2.75, 3.05) is 30.3 Å².